The van der Waals surface area contributed by atoms with E-state index in [1.165, 1.54) is 78.5 Å². The van der Waals surface area contributed by atoms with Gasteiger partial charge in [-0.05, 0) is 160 Å². The number of nitrogens with zero attached hydrogens (tertiary/aromatic N) is 2. The van der Waals surface area contributed by atoms with Gasteiger partial charge in [0.05, 0.1) is 5.69 Å². The second-order valence-electron chi connectivity index (χ2n) is 14.1. The van der Waals surface area contributed by atoms with Gasteiger partial charge in [0.1, 0.15) is 0 Å². The first-order valence-electron chi connectivity index (χ1n) is 17.4. The molecule has 0 radical (unpaired) electrons. The number of hydrogen-bond donors (Lipinski definition) is 0. The second-order valence-corrected chi connectivity index (χ2v) is 14.1. The van der Waals surface area contributed by atoms with Crippen LogP contribution in [0.2, 0.25) is 0 Å². The molecule has 2 nitrogen and oxygen atoms in total. The van der Waals surface area contributed by atoms with Crippen molar-refractivity contribution in [2.24, 2.45) is 5.92 Å². The van der Waals surface area contributed by atoms with E-state index in [9.17, 15) is 0 Å². The smallest absolute Gasteiger partial charge is 0.0520 e. The molecule has 0 saturated carbocycles. The van der Waals surface area contributed by atoms with Crippen LogP contribution in [0, 0.1) is 40.5 Å². The normalized spacial score (nSPS) is 17.6. The van der Waals surface area contributed by atoms with E-state index in [0.29, 0.717) is 11.8 Å². The highest BCUT2D eigenvalue weighted by Crippen LogP contribution is 2.44. The summed E-state index contributed by atoms with van der Waals surface area (Å²) < 4.78 is 0. The number of benzene rings is 4. The molecule has 0 fully saturated rings. The van der Waals surface area contributed by atoms with Gasteiger partial charge < -0.3 is 9.80 Å². The third-order valence-electron chi connectivity index (χ3n) is 9.94. The summed E-state index contributed by atoms with van der Waals surface area (Å²) in [5.74, 6) is 0.840. The largest absolute Gasteiger partial charge is 0.314 e. The lowest BCUT2D eigenvalue weighted by atomic mass is 9.82. The first kappa shape index (κ1) is 33.1. The number of rotatable bonds is 8. The number of hydrogen-bond acceptors (Lipinski definition) is 2. The van der Waals surface area contributed by atoms with Gasteiger partial charge in [0.2, 0.25) is 0 Å². The minimum Gasteiger partial charge on any atom is -0.314 e. The highest BCUT2D eigenvalue weighted by Gasteiger charge is 2.28. The molecular formula is C46H50N2. The van der Waals surface area contributed by atoms with E-state index in [4.69, 9.17) is 0 Å². The van der Waals surface area contributed by atoms with Crippen molar-refractivity contribution in [3.05, 3.63) is 171 Å². The van der Waals surface area contributed by atoms with Crippen LogP contribution < -0.4 is 9.80 Å². The number of aryl methyl sites for hydroxylation is 5. The third-order valence-corrected chi connectivity index (χ3v) is 9.94. The number of anilines is 4. The summed E-state index contributed by atoms with van der Waals surface area (Å²) in [4.78, 5) is 4.96. The Hall–Kier alpha value is -4.82. The average molecular weight is 631 g/mol. The molecule has 0 N–H and O–H groups in total. The zero-order valence-corrected chi connectivity index (χ0v) is 30.1. The maximum Gasteiger partial charge on any atom is 0.0520 e. The highest BCUT2D eigenvalue weighted by molar-refractivity contribution is 5.82. The van der Waals surface area contributed by atoms with Crippen LogP contribution in [0.25, 0.3) is 6.08 Å². The topological polar surface area (TPSA) is 6.48 Å². The van der Waals surface area contributed by atoms with Crippen molar-refractivity contribution in [1.82, 2.24) is 0 Å². The Kier molecular flexibility index (Phi) is 9.47. The average Bonchev–Trinajstić information content (AvgIpc) is 3.04. The molecule has 0 aliphatic heterocycles. The summed E-state index contributed by atoms with van der Waals surface area (Å²) in [6.45, 7) is 22.0. The van der Waals surface area contributed by atoms with Gasteiger partial charge in [-0.25, -0.2) is 0 Å². The summed E-state index contributed by atoms with van der Waals surface area (Å²) >= 11 is 0. The fourth-order valence-electron chi connectivity index (χ4n) is 7.74. The third kappa shape index (κ3) is 6.62. The minimum absolute atomic E-state index is 0.320. The molecule has 0 aromatic heterocycles. The Balaban J connectivity index is 1.39. The Labute approximate surface area is 289 Å². The molecule has 0 bridgehead atoms. The molecule has 2 unspecified atom stereocenters. The zero-order chi connectivity index (χ0) is 34.1. The molecule has 4 aromatic carbocycles. The molecule has 0 spiro atoms. The molecule has 6 rings (SSSR count). The van der Waals surface area contributed by atoms with Crippen molar-refractivity contribution in [2.45, 2.75) is 74.1 Å². The van der Waals surface area contributed by atoms with Crippen LogP contribution in [0.5, 0.6) is 0 Å². The van der Waals surface area contributed by atoms with Crippen LogP contribution in [-0.2, 0) is 0 Å². The van der Waals surface area contributed by atoms with Crippen molar-refractivity contribution >= 4 is 28.8 Å². The van der Waals surface area contributed by atoms with Gasteiger partial charge in [0, 0.05) is 34.4 Å². The van der Waals surface area contributed by atoms with E-state index < -0.39 is 0 Å². The maximum absolute atomic E-state index is 4.02. The van der Waals surface area contributed by atoms with Crippen molar-refractivity contribution in [1.29, 1.82) is 0 Å². The van der Waals surface area contributed by atoms with Crippen molar-refractivity contribution in [2.75, 3.05) is 9.80 Å². The quantitative estimate of drug-likeness (QED) is 0.191. The predicted octanol–water partition coefficient (Wildman–Crippen LogP) is 13.0. The molecular weight excluding hydrogens is 581 g/mol. The van der Waals surface area contributed by atoms with Crippen LogP contribution in [-0.4, -0.2) is 0 Å². The molecule has 0 heterocycles. The summed E-state index contributed by atoms with van der Waals surface area (Å²) in [7, 11) is 0. The molecule has 2 aliphatic carbocycles. The molecule has 2 heteroatoms. The molecule has 48 heavy (non-hydrogen) atoms. The lowest BCUT2D eigenvalue weighted by molar-refractivity contribution is 0.685. The Bertz CT molecular complexity index is 1980. The first-order valence-corrected chi connectivity index (χ1v) is 17.4. The van der Waals surface area contributed by atoms with E-state index >= 15 is 0 Å². The van der Waals surface area contributed by atoms with Crippen LogP contribution >= 0.6 is 0 Å². The van der Waals surface area contributed by atoms with Gasteiger partial charge in [-0.1, -0.05) is 80.3 Å². The van der Waals surface area contributed by atoms with Crippen LogP contribution in [0.3, 0.4) is 0 Å². The van der Waals surface area contributed by atoms with E-state index in [1.807, 2.05) is 6.08 Å². The fraction of sp³-hybridized carbons (Fsp3) is 0.261. The molecule has 0 amide bonds. The number of allylic oxidation sites excluding steroid dienone is 7. The van der Waals surface area contributed by atoms with Crippen LogP contribution in [0.15, 0.2) is 132 Å². The molecule has 4 aromatic rings. The van der Waals surface area contributed by atoms with Gasteiger partial charge >= 0.3 is 0 Å². The predicted molar refractivity (Wildman–Crippen MR) is 209 cm³/mol. The first-order chi connectivity index (χ1) is 23.0. The van der Waals surface area contributed by atoms with Gasteiger partial charge in [-0.3, -0.25) is 0 Å². The van der Waals surface area contributed by atoms with Crippen LogP contribution in [0.1, 0.15) is 78.5 Å². The summed E-state index contributed by atoms with van der Waals surface area (Å²) in [5, 5.41) is 0. The zero-order valence-electron chi connectivity index (χ0n) is 30.1. The SMILES string of the molecule is C=Cc1ccc(N(c2cccc(C)c2)c2c(C)cc(C3C=C(C)C(N(C4=CC=CC(C)C4)c4cccc(C)c4)=C(C)C3)cc2C)cc1C. The van der Waals surface area contributed by atoms with Crippen molar-refractivity contribution in [3.8, 4) is 0 Å². The fourth-order valence-corrected chi connectivity index (χ4v) is 7.74. The van der Waals surface area contributed by atoms with Crippen molar-refractivity contribution in [3.63, 3.8) is 0 Å². The van der Waals surface area contributed by atoms with E-state index in [2.05, 4.69) is 175 Å². The lowest BCUT2D eigenvalue weighted by Gasteiger charge is -2.37. The van der Waals surface area contributed by atoms with Crippen molar-refractivity contribution < 1.29 is 0 Å². The Morgan fingerprint density at radius 1 is 0.688 bits per heavy atom. The Morgan fingerprint density at radius 3 is 1.88 bits per heavy atom. The highest BCUT2D eigenvalue weighted by atomic mass is 15.2. The van der Waals surface area contributed by atoms with Gasteiger partial charge in [-0.2, -0.15) is 0 Å². The monoisotopic (exact) mass is 630 g/mol. The summed E-state index contributed by atoms with van der Waals surface area (Å²) in [6.07, 6.45) is 13.3. The Morgan fingerprint density at radius 2 is 1.31 bits per heavy atom. The van der Waals surface area contributed by atoms with Crippen LogP contribution in [0.4, 0.5) is 22.7 Å². The van der Waals surface area contributed by atoms with Gasteiger partial charge in [0.15, 0.2) is 0 Å². The summed E-state index contributed by atoms with van der Waals surface area (Å²) in [6, 6.07) is 29.3. The summed E-state index contributed by atoms with van der Waals surface area (Å²) in [5.41, 5.74) is 19.2. The maximum atomic E-state index is 4.02. The van der Waals surface area contributed by atoms with E-state index in [0.717, 1.165) is 18.5 Å². The lowest BCUT2D eigenvalue weighted by Crippen LogP contribution is -2.27. The second kappa shape index (κ2) is 13.7. The molecule has 244 valence electrons. The van der Waals surface area contributed by atoms with Gasteiger partial charge in [0.25, 0.3) is 0 Å². The van der Waals surface area contributed by atoms with Gasteiger partial charge in [-0.15, -0.1) is 0 Å². The standard InChI is InChI=1S/C46H50N2/c1-10-38-20-21-44(29-33(38)5)48(43-19-13-16-32(4)24-43)46-36(8)27-40(28-37(46)9)39-25-34(6)45(35(7)26-39)47(41-17-11-14-30(2)22-41)42-18-12-15-31(3)23-42/h10-22,24-25,27-29,31,39H,1,23,26H2,2-9H3. The molecule has 2 aliphatic rings. The minimum atomic E-state index is 0.320. The van der Waals surface area contributed by atoms with E-state index in [1.54, 1.807) is 0 Å². The molecule has 2 atom stereocenters. The molecule has 0 saturated heterocycles. The van der Waals surface area contributed by atoms with E-state index in [-0.39, 0.29) is 0 Å².